The summed E-state index contributed by atoms with van der Waals surface area (Å²) < 4.78 is 5.15. The van der Waals surface area contributed by atoms with Gasteiger partial charge in [0.2, 0.25) is 0 Å². The lowest BCUT2D eigenvalue weighted by Gasteiger charge is -2.20. The molecule has 0 heterocycles. The molecule has 0 aliphatic rings. The molecular formula is C9H18O3. The number of aliphatic carboxylic acids is 1. The van der Waals surface area contributed by atoms with Gasteiger partial charge in [-0.25, -0.2) is 4.79 Å². The highest BCUT2D eigenvalue weighted by molar-refractivity contribution is 5.72. The Balaban J connectivity index is 4.15. The Kier molecular flexibility index (Phi) is 5.72. The highest BCUT2D eigenvalue weighted by atomic mass is 16.5. The first-order valence-corrected chi connectivity index (χ1v) is 4.51. The van der Waals surface area contributed by atoms with Crippen LogP contribution in [0.4, 0.5) is 0 Å². The summed E-state index contributed by atoms with van der Waals surface area (Å²) in [6.45, 7) is 6.26. The van der Waals surface area contributed by atoms with Crippen molar-refractivity contribution in [3.8, 4) is 0 Å². The van der Waals surface area contributed by atoms with Gasteiger partial charge in [-0.05, 0) is 12.8 Å². The normalized spacial score (nSPS) is 13.3. The molecular weight excluding hydrogens is 156 g/mol. The van der Waals surface area contributed by atoms with Gasteiger partial charge < -0.3 is 9.84 Å². The number of rotatable bonds is 6. The van der Waals surface area contributed by atoms with Gasteiger partial charge in [-0.1, -0.05) is 26.7 Å². The topological polar surface area (TPSA) is 46.5 Å². The fourth-order valence-corrected chi connectivity index (χ4v) is 1.31. The third-order valence-electron chi connectivity index (χ3n) is 2.07. The molecule has 0 aromatic carbocycles. The fraction of sp³-hybridized carbons (Fsp3) is 0.889. The Morgan fingerprint density at radius 1 is 1.33 bits per heavy atom. The number of carboxylic acids is 1. The molecule has 0 aromatic heterocycles. The minimum absolute atomic E-state index is 0.141. The summed E-state index contributed by atoms with van der Waals surface area (Å²) >= 11 is 0. The van der Waals surface area contributed by atoms with Crippen LogP contribution < -0.4 is 0 Å². The van der Waals surface area contributed by atoms with Crippen LogP contribution >= 0.6 is 0 Å². The van der Waals surface area contributed by atoms with E-state index in [1.54, 1.807) is 0 Å². The summed E-state index contributed by atoms with van der Waals surface area (Å²) in [7, 11) is 0. The van der Waals surface area contributed by atoms with Crippen LogP contribution in [0.15, 0.2) is 0 Å². The van der Waals surface area contributed by atoms with E-state index in [1.807, 2.05) is 20.8 Å². The number of ether oxygens (including phenoxy) is 1. The Bertz CT molecular complexity index is 130. The maximum Gasteiger partial charge on any atom is 0.333 e. The van der Waals surface area contributed by atoms with Crippen molar-refractivity contribution in [2.75, 3.05) is 6.61 Å². The standard InChI is InChI=1S/C9H18O3/c1-4-7(5-2)8(9(10)11)12-6-3/h7-8H,4-6H2,1-3H3,(H,10,11). The fourth-order valence-electron chi connectivity index (χ4n) is 1.31. The molecule has 0 amide bonds. The highest BCUT2D eigenvalue weighted by Crippen LogP contribution is 2.16. The van der Waals surface area contributed by atoms with E-state index in [0.717, 1.165) is 12.8 Å². The molecule has 0 aliphatic carbocycles. The summed E-state index contributed by atoms with van der Waals surface area (Å²) in [6.07, 6.45) is 1.09. The minimum Gasteiger partial charge on any atom is -0.479 e. The van der Waals surface area contributed by atoms with Crippen molar-refractivity contribution < 1.29 is 14.6 Å². The van der Waals surface area contributed by atoms with Crippen LogP contribution in [-0.2, 0) is 9.53 Å². The van der Waals surface area contributed by atoms with E-state index < -0.39 is 12.1 Å². The Labute approximate surface area is 73.7 Å². The maximum atomic E-state index is 10.7. The second kappa shape index (κ2) is 6.00. The van der Waals surface area contributed by atoms with Gasteiger partial charge in [0.25, 0.3) is 0 Å². The Morgan fingerprint density at radius 2 is 1.83 bits per heavy atom. The summed E-state index contributed by atoms with van der Waals surface area (Å²) in [5.41, 5.74) is 0. The Morgan fingerprint density at radius 3 is 2.08 bits per heavy atom. The Hall–Kier alpha value is -0.570. The van der Waals surface area contributed by atoms with Crippen molar-refractivity contribution in [1.29, 1.82) is 0 Å². The van der Waals surface area contributed by atoms with Gasteiger partial charge in [0.05, 0.1) is 0 Å². The largest absolute Gasteiger partial charge is 0.479 e. The molecule has 12 heavy (non-hydrogen) atoms. The molecule has 0 saturated carbocycles. The van der Waals surface area contributed by atoms with Gasteiger partial charge in [0, 0.05) is 6.61 Å². The average Bonchev–Trinajstić information content (AvgIpc) is 2.05. The van der Waals surface area contributed by atoms with Crippen LogP contribution in [-0.4, -0.2) is 23.8 Å². The lowest BCUT2D eigenvalue weighted by Crippen LogP contribution is -2.31. The van der Waals surface area contributed by atoms with Gasteiger partial charge in [-0.3, -0.25) is 0 Å². The van der Waals surface area contributed by atoms with Gasteiger partial charge in [-0.2, -0.15) is 0 Å². The molecule has 0 rings (SSSR count). The second-order valence-electron chi connectivity index (χ2n) is 2.79. The lowest BCUT2D eigenvalue weighted by molar-refractivity contribution is -0.154. The van der Waals surface area contributed by atoms with Crippen molar-refractivity contribution in [2.45, 2.75) is 39.7 Å². The summed E-state index contributed by atoms with van der Waals surface area (Å²) in [6, 6.07) is 0. The number of hydrogen-bond donors (Lipinski definition) is 1. The summed E-state index contributed by atoms with van der Waals surface area (Å²) in [5, 5.41) is 8.81. The van der Waals surface area contributed by atoms with Gasteiger partial charge in [0.1, 0.15) is 0 Å². The molecule has 3 heteroatoms. The smallest absolute Gasteiger partial charge is 0.333 e. The van der Waals surface area contributed by atoms with Gasteiger partial charge in [0.15, 0.2) is 6.10 Å². The second-order valence-corrected chi connectivity index (χ2v) is 2.79. The van der Waals surface area contributed by atoms with E-state index in [0.29, 0.717) is 6.61 Å². The van der Waals surface area contributed by atoms with Crippen molar-refractivity contribution in [3.05, 3.63) is 0 Å². The number of carboxylic acid groups (broad SMARTS) is 1. The van der Waals surface area contributed by atoms with Crippen LogP contribution in [0.5, 0.6) is 0 Å². The molecule has 0 bridgehead atoms. The molecule has 1 unspecified atom stereocenters. The zero-order chi connectivity index (χ0) is 9.56. The first-order chi connectivity index (χ1) is 5.67. The molecule has 1 atom stereocenters. The summed E-state index contributed by atoms with van der Waals surface area (Å²) in [5.74, 6) is -0.701. The SMILES string of the molecule is CCOC(C(=O)O)C(CC)CC. The monoisotopic (exact) mass is 174 g/mol. The third-order valence-corrected chi connectivity index (χ3v) is 2.07. The van der Waals surface area contributed by atoms with Crippen LogP contribution in [0, 0.1) is 5.92 Å². The van der Waals surface area contributed by atoms with Crippen LogP contribution in [0.3, 0.4) is 0 Å². The van der Waals surface area contributed by atoms with Gasteiger partial charge >= 0.3 is 5.97 Å². The molecule has 0 radical (unpaired) electrons. The lowest BCUT2D eigenvalue weighted by atomic mass is 9.96. The van der Waals surface area contributed by atoms with Gasteiger partial charge in [-0.15, -0.1) is 0 Å². The molecule has 1 N–H and O–H groups in total. The van der Waals surface area contributed by atoms with Crippen molar-refractivity contribution >= 4 is 5.97 Å². The van der Waals surface area contributed by atoms with Crippen molar-refractivity contribution in [2.24, 2.45) is 5.92 Å². The molecule has 0 aliphatic heterocycles. The minimum atomic E-state index is -0.842. The zero-order valence-electron chi connectivity index (χ0n) is 8.04. The van der Waals surface area contributed by atoms with E-state index in [-0.39, 0.29) is 5.92 Å². The van der Waals surface area contributed by atoms with Crippen LogP contribution in [0.2, 0.25) is 0 Å². The van der Waals surface area contributed by atoms with E-state index in [1.165, 1.54) is 0 Å². The average molecular weight is 174 g/mol. The quantitative estimate of drug-likeness (QED) is 0.669. The maximum absolute atomic E-state index is 10.7. The molecule has 0 spiro atoms. The predicted octanol–water partition coefficient (Wildman–Crippen LogP) is 1.91. The molecule has 3 nitrogen and oxygen atoms in total. The molecule has 0 fully saturated rings. The van der Waals surface area contributed by atoms with Crippen molar-refractivity contribution in [1.82, 2.24) is 0 Å². The highest BCUT2D eigenvalue weighted by Gasteiger charge is 2.25. The van der Waals surface area contributed by atoms with E-state index in [4.69, 9.17) is 9.84 Å². The van der Waals surface area contributed by atoms with Crippen molar-refractivity contribution in [3.63, 3.8) is 0 Å². The molecule has 0 saturated heterocycles. The van der Waals surface area contributed by atoms with E-state index in [2.05, 4.69) is 0 Å². The molecule has 0 aromatic rings. The predicted molar refractivity (Wildman–Crippen MR) is 47.1 cm³/mol. The van der Waals surface area contributed by atoms with Crippen LogP contribution in [0.25, 0.3) is 0 Å². The van der Waals surface area contributed by atoms with E-state index in [9.17, 15) is 4.79 Å². The number of hydrogen-bond acceptors (Lipinski definition) is 2. The first kappa shape index (κ1) is 11.4. The van der Waals surface area contributed by atoms with E-state index >= 15 is 0 Å². The van der Waals surface area contributed by atoms with Crippen LogP contribution in [0.1, 0.15) is 33.6 Å². The number of carbonyl (C=O) groups is 1. The zero-order valence-corrected chi connectivity index (χ0v) is 8.04. The third kappa shape index (κ3) is 3.22. The summed E-state index contributed by atoms with van der Waals surface area (Å²) in [4.78, 5) is 10.7. The molecule has 72 valence electrons. The first-order valence-electron chi connectivity index (χ1n) is 4.51.